The Morgan fingerprint density at radius 2 is 2.20 bits per heavy atom. The van der Waals surface area contributed by atoms with E-state index in [1.807, 2.05) is 0 Å². The van der Waals surface area contributed by atoms with Crippen molar-refractivity contribution in [1.82, 2.24) is 5.01 Å². The lowest BCUT2D eigenvalue weighted by atomic mass is 10.2. The maximum atomic E-state index is 9.43. The summed E-state index contributed by atoms with van der Waals surface area (Å²) in [6.45, 7) is 0. The number of aromatic hydroxyl groups is 2. The van der Waals surface area contributed by atoms with E-state index in [1.54, 1.807) is 19.2 Å². The largest absolute Gasteiger partial charge is 0.504 e. The molecule has 0 saturated heterocycles. The molecule has 0 bridgehead atoms. The van der Waals surface area contributed by atoms with Gasteiger partial charge >= 0.3 is 0 Å². The highest BCUT2D eigenvalue weighted by atomic mass is 32.1. The molecule has 4 N–H and O–H groups in total. The zero-order valence-electron chi connectivity index (χ0n) is 8.08. The van der Waals surface area contributed by atoms with Crippen molar-refractivity contribution in [1.29, 1.82) is 0 Å². The average molecular weight is 225 g/mol. The third kappa shape index (κ3) is 2.81. The fourth-order valence-corrected chi connectivity index (χ4v) is 0.906. The second-order valence-electron chi connectivity index (χ2n) is 2.82. The monoisotopic (exact) mass is 225 g/mol. The van der Waals surface area contributed by atoms with Crippen molar-refractivity contribution >= 4 is 23.5 Å². The molecule has 1 rings (SSSR count). The molecule has 0 aliphatic carbocycles. The topological polar surface area (TPSA) is 82.1 Å². The van der Waals surface area contributed by atoms with E-state index in [4.69, 9.17) is 5.73 Å². The molecular weight excluding hydrogens is 214 g/mol. The summed E-state index contributed by atoms with van der Waals surface area (Å²) in [5.41, 5.74) is 5.69. The molecule has 0 aliphatic rings. The number of nitrogens with zero attached hydrogens (tertiary/aromatic N) is 2. The number of phenolic OH excluding ortho intramolecular Hbond substituents is 2. The van der Waals surface area contributed by atoms with E-state index in [0.29, 0.717) is 5.56 Å². The number of nitrogens with two attached hydrogens (primary N) is 1. The highest BCUT2D eigenvalue weighted by molar-refractivity contribution is 7.80. The summed E-state index contributed by atoms with van der Waals surface area (Å²) >= 11 is 4.67. The van der Waals surface area contributed by atoms with Crippen molar-refractivity contribution in [2.24, 2.45) is 10.8 Å². The Morgan fingerprint density at radius 3 is 2.80 bits per heavy atom. The zero-order valence-corrected chi connectivity index (χ0v) is 8.90. The van der Waals surface area contributed by atoms with Gasteiger partial charge in [0.05, 0.1) is 6.21 Å². The van der Waals surface area contributed by atoms with E-state index in [1.165, 1.54) is 17.3 Å². The summed E-state index contributed by atoms with van der Waals surface area (Å²) in [5.74, 6) is -0.422. The summed E-state index contributed by atoms with van der Waals surface area (Å²) in [6.07, 6.45) is 1.36. The van der Waals surface area contributed by atoms with Gasteiger partial charge in [-0.05, 0) is 24.4 Å². The molecular formula is C9H11N3O2S. The van der Waals surface area contributed by atoms with Crippen LogP contribution in [0.5, 0.6) is 11.5 Å². The molecule has 0 fully saturated rings. The van der Waals surface area contributed by atoms with Crippen molar-refractivity contribution < 1.29 is 10.2 Å². The lowest BCUT2D eigenvalue weighted by Gasteiger charge is -2.08. The summed E-state index contributed by atoms with van der Waals surface area (Å²) in [5, 5.41) is 23.9. The van der Waals surface area contributed by atoms with Gasteiger partial charge < -0.3 is 15.9 Å². The van der Waals surface area contributed by atoms with E-state index in [9.17, 15) is 10.2 Å². The molecule has 15 heavy (non-hydrogen) atoms. The lowest BCUT2D eigenvalue weighted by Crippen LogP contribution is -2.27. The number of hydrazone groups is 1. The first-order valence-corrected chi connectivity index (χ1v) is 4.51. The van der Waals surface area contributed by atoms with Crippen LogP contribution in [0.1, 0.15) is 5.56 Å². The molecule has 1 aromatic carbocycles. The first kappa shape index (κ1) is 11.3. The Labute approximate surface area is 92.4 Å². The Morgan fingerprint density at radius 1 is 1.53 bits per heavy atom. The number of hydrogen-bond acceptors (Lipinski definition) is 4. The first-order valence-electron chi connectivity index (χ1n) is 4.10. The minimum absolute atomic E-state index is 0.117. The quantitative estimate of drug-likeness (QED) is 0.297. The number of rotatable bonds is 2. The number of hydrogen-bond donors (Lipinski definition) is 3. The number of thiocarbonyl (C=S) groups is 1. The summed E-state index contributed by atoms with van der Waals surface area (Å²) in [4.78, 5) is 0. The summed E-state index contributed by atoms with van der Waals surface area (Å²) in [7, 11) is 1.58. The van der Waals surface area contributed by atoms with Gasteiger partial charge in [-0.25, -0.2) is 5.01 Å². The fraction of sp³-hybridized carbons (Fsp3) is 0.111. The Bertz CT molecular complexity index is 406. The predicted molar refractivity (Wildman–Crippen MR) is 61.9 cm³/mol. The second kappa shape index (κ2) is 4.61. The van der Waals surface area contributed by atoms with Crippen LogP contribution in [0.3, 0.4) is 0 Å². The Kier molecular flexibility index (Phi) is 3.46. The molecule has 0 amide bonds. The lowest BCUT2D eigenvalue weighted by molar-refractivity contribution is 0.403. The van der Waals surface area contributed by atoms with Crippen LogP contribution in [0.2, 0.25) is 0 Å². The van der Waals surface area contributed by atoms with Gasteiger partial charge in [0.2, 0.25) is 0 Å². The number of para-hydroxylation sites is 1. The highest BCUT2D eigenvalue weighted by Crippen LogP contribution is 2.26. The predicted octanol–water partition coefficient (Wildman–Crippen LogP) is 0.607. The van der Waals surface area contributed by atoms with Crippen LogP contribution in [0.4, 0.5) is 0 Å². The van der Waals surface area contributed by atoms with Crippen LogP contribution in [0, 0.1) is 0 Å². The van der Waals surface area contributed by atoms with Crippen LogP contribution in [0.15, 0.2) is 23.3 Å². The van der Waals surface area contributed by atoms with Gasteiger partial charge in [0.25, 0.3) is 0 Å². The normalized spacial score (nSPS) is 10.5. The van der Waals surface area contributed by atoms with Gasteiger partial charge in [0, 0.05) is 12.6 Å². The maximum Gasteiger partial charge on any atom is 0.186 e. The molecule has 0 aromatic heterocycles. The molecule has 1 aromatic rings. The molecule has 0 aliphatic heterocycles. The van der Waals surface area contributed by atoms with E-state index in [-0.39, 0.29) is 16.6 Å². The Balaban J connectivity index is 2.90. The van der Waals surface area contributed by atoms with E-state index < -0.39 is 0 Å². The molecule has 0 saturated carbocycles. The molecule has 80 valence electrons. The smallest absolute Gasteiger partial charge is 0.186 e. The number of benzene rings is 1. The average Bonchev–Trinajstić information content (AvgIpc) is 2.19. The maximum absolute atomic E-state index is 9.43. The molecule has 0 spiro atoms. The standard InChI is InChI=1S/C9H11N3O2S/c1-12(9(10)15)11-5-6-3-2-4-7(13)8(6)14/h2-5,13-14H,1H3,(H2,10,15). The van der Waals surface area contributed by atoms with Gasteiger partial charge in [0.15, 0.2) is 16.6 Å². The molecule has 0 atom stereocenters. The first-order chi connectivity index (χ1) is 7.02. The van der Waals surface area contributed by atoms with Crippen molar-refractivity contribution in [2.75, 3.05) is 7.05 Å². The van der Waals surface area contributed by atoms with Crippen LogP contribution >= 0.6 is 12.2 Å². The third-order valence-corrected chi connectivity index (χ3v) is 2.00. The number of phenols is 2. The highest BCUT2D eigenvalue weighted by Gasteiger charge is 2.03. The van der Waals surface area contributed by atoms with Crippen LogP contribution in [-0.4, -0.2) is 33.6 Å². The second-order valence-corrected chi connectivity index (χ2v) is 3.24. The van der Waals surface area contributed by atoms with Gasteiger partial charge in [-0.15, -0.1) is 0 Å². The van der Waals surface area contributed by atoms with Gasteiger partial charge in [-0.1, -0.05) is 6.07 Å². The van der Waals surface area contributed by atoms with Gasteiger partial charge in [-0.2, -0.15) is 5.10 Å². The summed E-state index contributed by atoms with van der Waals surface area (Å²) in [6, 6.07) is 4.58. The molecule has 5 nitrogen and oxygen atoms in total. The van der Waals surface area contributed by atoms with Crippen LogP contribution in [-0.2, 0) is 0 Å². The molecule has 0 radical (unpaired) electrons. The molecule has 6 heteroatoms. The van der Waals surface area contributed by atoms with Crippen LogP contribution < -0.4 is 5.73 Å². The van der Waals surface area contributed by atoms with Gasteiger partial charge in [0.1, 0.15) is 0 Å². The fourth-order valence-electron chi connectivity index (χ4n) is 0.859. The SMILES string of the molecule is CN(N=Cc1cccc(O)c1O)C(N)=S. The van der Waals surface area contributed by atoms with Crippen LogP contribution in [0.25, 0.3) is 0 Å². The van der Waals surface area contributed by atoms with E-state index in [0.717, 1.165) is 0 Å². The summed E-state index contributed by atoms with van der Waals surface area (Å²) < 4.78 is 0. The minimum atomic E-state index is -0.224. The van der Waals surface area contributed by atoms with Gasteiger partial charge in [-0.3, -0.25) is 0 Å². The minimum Gasteiger partial charge on any atom is -0.504 e. The Hall–Kier alpha value is -1.82. The van der Waals surface area contributed by atoms with Crippen molar-refractivity contribution in [3.63, 3.8) is 0 Å². The zero-order chi connectivity index (χ0) is 11.4. The van der Waals surface area contributed by atoms with Crippen molar-refractivity contribution in [3.8, 4) is 11.5 Å². The molecule has 0 unspecified atom stereocenters. The van der Waals surface area contributed by atoms with Crippen molar-refractivity contribution in [3.05, 3.63) is 23.8 Å². The third-order valence-electron chi connectivity index (χ3n) is 1.73. The van der Waals surface area contributed by atoms with E-state index in [2.05, 4.69) is 17.3 Å². The van der Waals surface area contributed by atoms with Crippen molar-refractivity contribution in [2.45, 2.75) is 0 Å². The van der Waals surface area contributed by atoms with E-state index >= 15 is 0 Å². The molecule has 0 heterocycles.